The van der Waals surface area contributed by atoms with Crippen molar-refractivity contribution in [3.63, 3.8) is 0 Å². The molecule has 0 aliphatic rings. The molecule has 0 atom stereocenters. The maximum Gasteiger partial charge on any atom is 0.101 e. The van der Waals surface area contributed by atoms with Crippen LogP contribution in [-0.2, 0) is 0 Å². The van der Waals surface area contributed by atoms with Gasteiger partial charge in [0.05, 0.1) is 22.8 Å². The van der Waals surface area contributed by atoms with Crippen LogP contribution in [0.5, 0.6) is 0 Å². The highest BCUT2D eigenvalue weighted by Crippen LogP contribution is 2.59. The standard InChI is InChI=1S/C113H63N3/c1-63-53-77(72-24-13-19-65(55-72)60-114)54-64(2)99(63)88-50-52-93-105-87(88)34-18-38-92(105)112-103(109-90-36-17-33-86-80-27-9-11-29-82(80)95(107(86)90)58-97(109)100(111(93)112)68-20-5-3-6-21-68)71-45-41-67(42-46-71)66-39-43-70(44-40-66)101-98-59-96-83-30-12-10-28-81(83)85-32-16-35-89(106(85)96)108(98)102(69-22-7-4-8-23-69)113-94-51-49-79(84-31-15-37-91(104(84)94)110(101)113)75-26-14-25-73(56-75)74-47-48-76(61-115)78(57-74)62-116/h3-59H,1-2H3. The average molecular weight is 1460 g/mol. The third-order valence-corrected chi connectivity index (χ3v) is 25.7. The normalized spacial score (nSPS) is 12.0. The van der Waals surface area contributed by atoms with E-state index in [0.29, 0.717) is 16.7 Å². The van der Waals surface area contributed by atoms with Gasteiger partial charge in [0.2, 0.25) is 0 Å². The van der Waals surface area contributed by atoms with Gasteiger partial charge in [0.15, 0.2) is 0 Å². The van der Waals surface area contributed by atoms with E-state index < -0.39 is 0 Å². The molecule has 0 unspecified atom stereocenters. The molecule has 24 aromatic carbocycles. The van der Waals surface area contributed by atoms with Crippen LogP contribution in [0.2, 0.25) is 0 Å². The first-order valence-corrected chi connectivity index (χ1v) is 39.8. The molecule has 116 heavy (non-hydrogen) atoms. The Morgan fingerprint density at radius 3 is 1.03 bits per heavy atom. The van der Waals surface area contributed by atoms with Gasteiger partial charge >= 0.3 is 0 Å². The average Bonchev–Trinajstić information content (AvgIpc) is 1.52. The fourth-order valence-electron chi connectivity index (χ4n) is 21.0. The predicted molar refractivity (Wildman–Crippen MR) is 489 cm³/mol. The zero-order chi connectivity index (χ0) is 76.9. The van der Waals surface area contributed by atoms with Gasteiger partial charge in [0.1, 0.15) is 12.1 Å². The molecule has 0 radical (unpaired) electrons. The molecule has 0 amide bonds. The van der Waals surface area contributed by atoms with Crippen LogP contribution in [0.3, 0.4) is 0 Å². The molecule has 0 aliphatic carbocycles. The number of fused-ring (bicyclic) bond motifs is 16. The van der Waals surface area contributed by atoms with Crippen molar-refractivity contribution in [3.8, 4) is 118 Å². The van der Waals surface area contributed by atoms with Crippen molar-refractivity contribution in [2.75, 3.05) is 0 Å². The van der Waals surface area contributed by atoms with Crippen molar-refractivity contribution in [3.05, 3.63) is 374 Å². The van der Waals surface area contributed by atoms with Crippen LogP contribution < -0.4 is 0 Å². The van der Waals surface area contributed by atoms with Crippen LogP contribution in [0.25, 0.3) is 251 Å². The number of rotatable bonds is 9. The van der Waals surface area contributed by atoms with Crippen molar-refractivity contribution in [1.82, 2.24) is 0 Å². The molecule has 0 saturated carbocycles. The summed E-state index contributed by atoms with van der Waals surface area (Å²) in [5.41, 5.74) is 24.2. The fraction of sp³-hybridized carbons (Fsp3) is 0.0177. The second-order valence-electron chi connectivity index (χ2n) is 31.6. The van der Waals surface area contributed by atoms with Crippen LogP contribution in [0, 0.1) is 47.8 Å². The van der Waals surface area contributed by atoms with E-state index in [9.17, 15) is 15.8 Å². The van der Waals surface area contributed by atoms with Crippen LogP contribution in [0.1, 0.15) is 27.8 Å². The molecule has 0 fully saturated rings. The van der Waals surface area contributed by atoms with Crippen molar-refractivity contribution in [2.45, 2.75) is 13.8 Å². The summed E-state index contributed by atoms with van der Waals surface area (Å²) in [5, 5.41) is 64.8. The molecule has 530 valence electrons. The maximum absolute atomic E-state index is 10.1. The van der Waals surface area contributed by atoms with E-state index in [1.54, 1.807) is 6.07 Å². The smallest absolute Gasteiger partial charge is 0.101 e. The third-order valence-electron chi connectivity index (χ3n) is 25.7. The van der Waals surface area contributed by atoms with E-state index in [0.717, 1.165) is 55.6 Å². The van der Waals surface area contributed by atoms with Crippen LogP contribution in [0.4, 0.5) is 0 Å². The van der Waals surface area contributed by atoms with Gasteiger partial charge in [-0.1, -0.05) is 303 Å². The summed E-state index contributed by atoms with van der Waals surface area (Å²) >= 11 is 0. The van der Waals surface area contributed by atoms with E-state index in [1.807, 2.05) is 30.3 Å². The highest BCUT2D eigenvalue weighted by Gasteiger charge is 2.31. The Hall–Kier alpha value is -15.6. The number of nitrogens with zero attached hydrogens (tertiary/aromatic N) is 3. The van der Waals surface area contributed by atoms with E-state index in [2.05, 4.69) is 341 Å². The summed E-state index contributed by atoms with van der Waals surface area (Å²) in [7, 11) is 0. The van der Waals surface area contributed by atoms with Crippen molar-refractivity contribution in [1.29, 1.82) is 15.8 Å². The van der Waals surface area contributed by atoms with Gasteiger partial charge < -0.3 is 0 Å². The molecule has 0 aliphatic heterocycles. The van der Waals surface area contributed by atoms with Gasteiger partial charge in [0, 0.05) is 0 Å². The summed E-state index contributed by atoms with van der Waals surface area (Å²) in [6, 6.07) is 135. The maximum atomic E-state index is 10.1. The predicted octanol–water partition coefficient (Wildman–Crippen LogP) is 30.8. The van der Waals surface area contributed by atoms with Gasteiger partial charge in [-0.25, -0.2) is 0 Å². The summed E-state index contributed by atoms with van der Waals surface area (Å²) in [6.45, 7) is 4.48. The molecule has 0 aromatic heterocycles. The first-order chi connectivity index (χ1) is 57.3. The van der Waals surface area contributed by atoms with Gasteiger partial charge in [-0.3, -0.25) is 0 Å². The van der Waals surface area contributed by atoms with Gasteiger partial charge in [-0.15, -0.1) is 0 Å². The lowest BCUT2D eigenvalue weighted by atomic mass is 9.83. The van der Waals surface area contributed by atoms with Gasteiger partial charge in [0.25, 0.3) is 0 Å². The molecule has 3 nitrogen and oxygen atoms in total. The largest absolute Gasteiger partial charge is 0.192 e. The molecule has 0 spiro atoms. The third kappa shape index (κ3) is 9.16. The number of hydrogen-bond acceptors (Lipinski definition) is 3. The Bertz CT molecular complexity index is 8500. The highest BCUT2D eigenvalue weighted by atomic mass is 14.3. The summed E-state index contributed by atoms with van der Waals surface area (Å²) in [5.74, 6) is 0. The second kappa shape index (κ2) is 24.7. The number of nitriles is 3. The van der Waals surface area contributed by atoms with Gasteiger partial charge in [-0.05, 0) is 318 Å². The van der Waals surface area contributed by atoms with Crippen molar-refractivity contribution < 1.29 is 0 Å². The number of benzene rings is 20. The Morgan fingerprint density at radius 2 is 0.509 bits per heavy atom. The molecule has 24 rings (SSSR count). The van der Waals surface area contributed by atoms with Crippen molar-refractivity contribution in [2.24, 2.45) is 0 Å². The fourth-order valence-corrected chi connectivity index (χ4v) is 21.0. The van der Waals surface area contributed by atoms with Gasteiger partial charge in [-0.2, -0.15) is 15.8 Å². The van der Waals surface area contributed by atoms with Crippen LogP contribution in [-0.4, -0.2) is 0 Å². The molecule has 3 heteroatoms. The molecule has 24 aromatic rings. The van der Waals surface area contributed by atoms with Crippen LogP contribution >= 0.6 is 0 Å². The Labute approximate surface area is 667 Å². The Balaban J connectivity index is 0.728. The zero-order valence-corrected chi connectivity index (χ0v) is 63.3. The minimum Gasteiger partial charge on any atom is -0.192 e. The van der Waals surface area contributed by atoms with Crippen LogP contribution in [0.15, 0.2) is 346 Å². The Morgan fingerprint density at radius 1 is 0.164 bits per heavy atom. The first-order valence-electron chi connectivity index (χ1n) is 39.8. The summed E-state index contributed by atoms with van der Waals surface area (Å²) < 4.78 is 0. The molecule has 0 saturated heterocycles. The van der Waals surface area contributed by atoms with E-state index in [4.69, 9.17) is 0 Å². The summed E-state index contributed by atoms with van der Waals surface area (Å²) in [6.07, 6.45) is 0. The topological polar surface area (TPSA) is 71.4 Å². The molecular weight excluding hydrogens is 1400 g/mol. The lowest BCUT2D eigenvalue weighted by molar-refractivity contribution is 1.38. The lowest BCUT2D eigenvalue weighted by Gasteiger charge is -2.19. The molecule has 0 N–H and O–H groups in total. The number of aryl methyl sites for hydroxylation is 2. The zero-order valence-electron chi connectivity index (χ0n) is 63.3. The summed E-state index contributed by atoms with van der Waals surface area (Å²) in [4.78, 5) is 0. The van der Waals surface area contributed by atoms with Crippen molar-refractivity contribution >= 4 is 151 Å². The number of hydrogen-bond donors (Lipinski definition) is 0. The molecule has 0 heterocycles. The lowest BCUT2D eigenvalue weighted by Crippen LogP contribution is -1.92. The molecule has 0 bridgehead atoms. The first kappa shape index (κ1) is 65.2. The van der Waals surface area contributed by atoms with E-state index >= 15 is 0 Å². The second-order valence-corrected chi connectivity index (χ2v) is 31.6. The minimum absolute atomic E-state index is 0.366. The van der Waals surface area contributed by atoms with E-state index in [1.165, 1.54) is 206 Å². The Kier molecular flexibility index (Phi) is 13.9. The highest BCUT2D eigenvalue weighted by molar-refractivity contribution is 6.48. The SMILES string of the molecule is Cc1cc(-c2cccc(C#N)c2)cc(C)c1-c1ccc2c3c(-c4ccccc4)c4cc5c6ccccc6c6cccc(c4c(-c4ccc(-c7ccc(-c8c9cc%10c%11ccccc%11c%11cccc(c9c(-c9ccccc9)c9c%12ccc(-c%13cccc(-c%14ccc(C#N)c(C#N)c%14)c%13)c%13cccc(c89)c%13%12)c%11%10)cc7)cc4)c3c3cccc1c23)c65. The monoisotopic (exact) mass is 1460 g/mol. The van der Waals surface area contributed by atoms with E-state index in [-0.39, 0.29) is 0 Å². The minimum atomic E-state index is 0.366. The molecular formula is C113H63N3. The quantitative estimate of drug-likeness (QED) is 0.135.